The van der Waals surface area contributed by atoms with Crippen molar-refractivity contribution in [2.75, 3.05) is 18.5 Å². The average molecular weight is 306 g/mol. The van der Waals surface area contributed by atoms with Crippen LogP contribution >= 0.6 is 15.9 Å². The normalized spacial score (nSPS) is 17.1. The van der Waals surface area contributed by atoms with E-state index >= 15 is 0 Å². The van der Waals surface area contributed by atoms with Crippen molar-refractivity contribution in [3.05, 3.63) is 0 Å². The van der Waals surface area contributed by atoms with Gasteiger partial charge in [0.2, 0.25) is 5.91 Å². The van der Waals surface area contributed by atoms with E-state index in [2.05, 4.69) is 15.9 Å². The number of carbonyl (C=O) groups excluding carboxylic acids is 2. The number of ether oxygens (including phenoxy) is 1. The minimum Gasteiger partial charge on any atom is -0.447 e. The number of hydrogen-bond acceptors (Lipinski definition) is 3. The topological polar surface area (TPSA) is 46.6 Å². The molecule has 1 saturated heterocycles. The SMILES string of the molecule is CC(CCCCCCBr)C(=O)N1CCOC1=O. The van der Waals surface area contributed by atoms with E-state index in [9.17, 15) is 9.59 Å². The highest BCUT2D eigenvalue weighted by Crippen LogP contribution is 2.16. The van der Waals surface area contributed by atoms with Crippen molar-refractivity contribution in [3.8, 4) is 0 Å². The molecule has 0 bridgehead atoms. The van der Waals surface area contributed by atoms with E-state index < -0.39 is 6.09 Å². The van der Waals surface area contributed by atoms with Gasteiger partial charge in [0.1, 0.15) is 6.61 Å². The fourth-order valence-electron chi connectivity index (χ4n) is 1.88. The summed E-state index contributed by atoms with van der Waals surface area (Å²) in [6, 6.07) is 0. The van der Waals surface area contributed by atoms with E-state index in [4.69, 9.17) is 4.74 Å². The average Bonchev–Trinajstić information content (AvgIpc) is 2.74. The van der Waals surface area contributed by atoms with Crippen molar-refractivity contribution >= 4 is 27.9 Å². The molecule has 5 heteroatoms. The van der Waals surface area contributed by atoms with Gasteiger partial charge in [-0.05, 0) is 12.8 Å². The Hall–Kier alpha value is -0.580. The number of rotatable bonds is 7. The van der Waals surface area contributed by atoms with Gasteiger partial charge in [-0.25, -0.2) is 9.69 Å². The van der Waals surface area contributed by atoms with Gasteiger partial charge in [0.05, 0.1) is 6.54 Å². The number of cyclic esters (lactones) is 1. The zero-order chi connectivity index (χ0) is 12.7. The van der Waals surface area contributed by atoms with Gasteiger partial charge in [-0.3, -0.25) is 4.79 Å². The van der Waals surface area contributed by atoms with Crippen LogP contribution in [0.3, 0.4) is 0 Å². The predicted molar refractivity (Wildman–Crippen MR) is 69.1 cm³/mol. The molecule has 4 nitrogen and oxygen atoms in total. The second-order valence-electron chi connectivity index (χ2n) is 4.40. The third kappa shape index (κ3) is 4.66. The molecule has 0 aromatic heterocycles. The van der Waals surface area contributed by atoms with Gasteiger partial charge in [-0.15, -0.1) is 0 Å². The molecule has 0 spiro atoms. The number of carbonyl (C=O) groups is 2. The van der Waals surface area contributed by atoms with E-state index in [0.29, 0.717) is 13.2 Å². The lowest BCUT2D eigenvalue weighted by Crippen LogP contribution is -2.35. The summed E-state index contributed by atoms with van der Waals surface area (Å²) in [5.41, 5.74) is 0. The lowest BCUT2D eigenvalue weighted by atomic mass is 10.0. The predicted octanol–water partition coefficient (Wildman–Crippen LogP) is 2.95. The van der Waals surface area contributed by atoms with Gasteiger partial charge in [-0.2, -0.15) is 0 Å². The second-order valence-corrected chi connectivity index (χ2v) is 5.19. The number of nitrogens with zero attached hydrogens (tertiary/aromatic N) is 1. The minimum absolute atomic E-state index is 0.0791. The molecule has 0 aliphatic carbocycles. The van der Waals surface area contributed by atoms with Gasteiger partial charge < -0.3 is 4.74 Å². The summed E-state index contributed by atoms with van der Waals surface area (Å²) in [5.74, 6) is -0.169. The first-order chi connectivity index (χ1) is 8.16. The highest BCUT2D eigenvalue weighted by Gasteiger charge is 2.30. The Morgan fingerprint density at radius 3 is 2.71 bits per heavy atom. The summed E-state index contributed by atoms with van der Waals surface area (Å²) >= 11 is 3.39. The summed E-state index contributed by atoms with van der Waals surface area (Å²) in [7, 11) is 0. The smallest absolute Gasteiger partial charge is 0.416 e. The van der Waals surface area contributed by atoms with Gasteiger partial charge in [0.15, 0.2) is 0 Å². The fraction of sp³-hybridized carbons (Fsp3) is 0.833. The Morgan fingerprint density at radius 2 is 2.12 bits per heavy atom. The van der Waals surface area contributed by atoms with Crippen molar-refractivity contribution in [1.29, 1.82) is 0 Å². The van der Waals surface area contributed by atoms with E-state index in [1.165, 1.54) is 17.7 Å². The first kappa shape index (κ1) is 14.5. The number of alkyl halides is 1. The zero-order valence-corrected chi connectivity index (χ0v) is 11.9. The van der Waals surface area contributed by atoms with Crippen molar-refractivity contribution in [3.63, 3.8) is 0 Å². The van der Waals surface area contributed by atoms with Gasteiger partial charge >= 0.3 is 6.09 Å². The van der Waals surface area contributed by atoms with Crippen molar-refractivity contribution in [2.24, 2.45) is 5.92 Å². The van der Waals surface area contributed by atoms with Gasteiger partial charge in [0.25, 0.3) is 0 Å². The molecule has 1 heterocycles. The molecule has 0 N–H and O–H groups in total. The summed E-state index contributed by atoms with van der Waals surface area (Å²) < 4.78 is 4.76. The molecule has 1 aliphatic heterocycles. The monoisotopic (exact) mass is 305 g/mol. The lowest BCUT2D eigenvalue weighted by molar-refractivity contribution is -0.131. The molecular weight excluding hydrogens is 286 g/mol. The Labute approximate surface area is 111 Å². The third-order valence-corrected chi connectivity index (χ3v) is 3.53. The van der Waals surface area contributed by atoms with E-state index in [1.807, 2.05) is 6.92 Å². The first-order valence-electron chi connectivity index (χ1n) is 6.21. The molecule has 0 aromatic rings. The highest BCUT2D eigenvalue weighted by atomic mass is 79.9. The maximum absolute atomic E-state index is 11.9. The standard InChI is InChI=1S/C12H20BrNO3/c1-10(6-4-2-3-5-7-13)11(15)14-8-9-17-12(14)16/h10H,2-9H2,1H3. The lowest BCUT2D eigenvalue weighted by Gasteiger charge is -2.16. The molecule has 1 atom stereocenters. The highest BCUT2D eigenvalue weighted by molar-refractivity contribution is 9.09. The molecule has 1 rings (SSSR count). The second kappa shape index (κ2) is 7.69. The molecule has 1 aliphatic rings. The van der Waals surface area contributed by atoms with Crippen LogP contribution in [0.4, 0.5) is 4.79 Å². The quantitative estimate of drug-likeness (QED) is 0.536. The Bertz CT molecular complexity index is 270. The molecule has 17 heavy (non-hydrogen) atoms. The van der Waals surface area contributed by atoms with Crippen molar-refractivity contribution in [2.45, 2.75) is 39.0 Å². The minimum atomic E-state index is -0.485. The fourth-order valence-corrected chi connectivity index (χ4v) is 2.28. The number of amides is 2. The van der Waals surface area contributed by atoms with Crippen LogP contribution in [0.2, 0.25) is 0 Å². The van der Waals surface area contributed by atoms with Crippen molar-refractivity contribution < 1.29 is 14.3 Å². The van der Waals surface area contributed by atoms with Crippen molar-refractivity contribution in [1.82, 2.24) is 4.90 Å². The summed E-state index contributed by atoms with van der Waals surface area (Å²) in [5, 5.41) is 1.04. The third-order valence-electron chi connectivity index (χ3n) is 2.97. The van der Waals surface area contributed by atoms with Crippen LogP contribution in [0.25, 0.3) is 0 Å². The molecule has 0 aromatic carbocycles. The van der Waals surface area contributed by atoms with E-state index in [0.717, 1.165) is 24.6 Å². The van der Waals surface area contributed by atoms with E-state index in [-0.39, 0.29) is 11.8 Å². The van der Waals surface area contributed by atoms with Crippen LogP contribution in [-0.2, 0) is 9.53 Å². The van der Waals surface area contributed by atoms with Crippen LogP contribution in [-0.4, -0.2) is 35.4 Å². The largest absolute Gasteiger partial charge is 0.447 e. The molecule has 1 unspecified atom stereocenters. The Kier molecular flexibility index (Phi) is 6.55. The van der Waals surface area contributed by atoms with Crippen LogP contribution in [0.1, 0.15) is 39.0 Å². The number of imide groups is 1. The summed E-state index contributed by atoms with van der Waals surface area (Å²) in [4.78, 5) is 24.3. The maximum Gasteiger partial charge on any atom is 0.416 e. The maximum atomic E-state index is 11.9. The Balaban J connectivity index is 2.20. The van der Waals surface area contributed by atoms with E-state index in [1.54, 1.807) is 0 Å². The molecule has 2 amide bonds. The van der Waals surface area contributed by atoms with Crippen LogP contribution < -0.4 is 0 Å². The molecule has 1 fully saturated rings. The molecule has 98 valence electrons. The number of halogens is 1. The number of hydrogen-bond donors (Lipinski definition) is 0. The summed E-state index contributed by atoms with van der Waals surface area (Å²) in [6.45, 7) is 2.63. The van der Waals surface area contributed by atoms with Crippen LogP contribution in [0, 0.1) is 5.92 Å². The first-order valence-corrected chi connectivity index (χ1v) is 7.33. The van der Waals surface area contributed by atoms with Crippen LogP contribution in [0.15, 0.2) is 0 Å². The molecule has 0 radical (unpaired) electrons. The number of unbranched alkanes of at least 4 members (excludes halogenated alkanes) is 3. The zero-order valence-electron chi connectivity index (χ0n) is 10.3. The molecule has 0 saturated carbocycles. The molecular formula is C12H20BrNO3. The summed E-state index contributed by atoms with van der Waals surface area (Å²) in [6.07, 6.45) is 4.93. The Morgan fingerprint density at radius 1 is 1.41 bits per heavy atom. The van der Waals surface area contributed by atoms with Gasteiger partial charge in [0, 0.05) is 11.2 Å². The van der Waals surface area contributed by atoms with Crippen LogP contribution in [0.5, 0.6) is 0 Å². The van der Waals surface area contributed by atoms with Gasteiger partial charge in [-0.1, -0.05) is 42.1 Å².